The van der Waals surface area contributed by atoms with E-state index < -0.39 is 0 Å². The number of para-hydroxylation sites is 1. The van der Waals surface area contributed by atoms with Gasteiger partial charge in [-0.2, -0.15) is 0 Å². The summed E-state index contributed by atoms with van der Waals surface area (Å²) in [5.41, 5.74) is 3.24. The molecule has 92 valence electrons. The number of hydrogen-bond donors (Lipinski definition) is 1. The third-order valence-corrected chi connectivity index (χ3v) is 3.71. The van der Waals surface area contributed by atoms with E-state index in [4.69, 9.17) is 0 Å². The molecule has 0 spiro atoms. The lowest BCUT2D eigenvalue weighted by molar-refractivity contribution is -0.117. The number of benzene rings is 1. The molecule has 1 aromatic carbocycles. The zero-order valence-electron chi connectivity index (χ0n) is 10.6. The van der Waals surface area contributed by atoms with E-state index in [9.17, 15) is 9.90 Å². The number of hydrogen-bond acceptors (Lipinski definition) is 2. The predicted octanol–water partition coefficient (Wildman–Crippen LogP) is 2.04. The summed E-state index contributed by atoms with van der Waals surface area (Å²) in [4.78, 5) is 13.9. The molecule has 0 saturated carbocycles. The minimum absolute atomic E-state index is 0.0570. The van der Waals surface area contributed by atoms with Crippen LogP contribution in [0.2, 0.25) is 0 Å². The van der Waals surface area contributed by atoms with Gasteiger partial charge in [0.2, 0.25) is 5.91 Å². The fourth-order valence-electron chi connectivity index (χ4n) is 2.66. The first-order chi connectivity index (χ1) is 8.06. The number of anilines is 1. The van der Waals surface area contributed by atoms with Crippen molar-refractivity contribution in [3.63, 3.8) is 0 Å². The number of carbonyl (C=O) groups is 1. The molecule has 1 aliphatic rings. The monoisotopic (exact) mass is 233 g/mol. The molecule has 1 heterocycles. The molecular formula is C14H19NO2. The van der Waals surface area contributed by atoms with Crippen LogP contribution >= 0.6 is 0 Å². The van der Waals surface area contributed by atoms with Crippen molar-refractivity contribution in [1.82, 2.24) is 0 Å². The molecule has 2 rings (SSSR count). The lowest BCUT2D eigenvalue weighted by Gasteiger charge is -2.27. The third-order valence-electron chi connectivity index (χ3n) is 3.71. The largest absolute Gasteiger partial charge is 0.396 e. The third kappa shape index (κ3) is 1.95. The molecule has 0 bridgehead atoms. The summed E-state index contributed by atoms with van der Waals surface area (Å²) < 4.78 is 0. The number of aliphatic hydroxyl groups excluding tert-OH is 1. The van der Waals surface area contributed by atoms with Gasteiger partial charge in [0.25, 0.3) is 0 Å². The summed E-state index contributed by atoms with van der Waals surface area (Å²) >= 11 is 0. The average molecular weight is 233 g/mol. The van der Waals surface area contributed by atoms with Gasteiger partial charge in [-0.1, -0.05) is 18.2 Å². The fraction of sp³-hybridized carbons (Fsp3) is 0.500. The minimum Gasteiger partial charge on any atom is -0.396 e. The van der Waals surface area contributed by atoms with Gasteiger partial charge in [-0.15, -0.1) is 0 Å². The highest BCUT2D eigenvalue weighted by molar-refractivity contribution is 5.98. The van der Waals surface area contributed by atoms with Crippen LogP contribution in [-0.4, -0.2) is 23.7 Å². The average Bonchev–Trinajstić information content (AvgIpc) is 2.56. The first-order valence-electron chi connectivity index (χ1n) is 6.05. The minimum atomic E-state index is 0.0570. The summed E-state index contributed by atoms with van der Waals surface area (Å²) in [6.45, 7) is 6.13. The Morgan fingerprint density at radius 2 is 1.94 bits per heavy atom. The Kier molecular flexibility index (Phi) is 3.20. The van der Waals surface area contributed by atoms with Crippen molar-refractivity contribution >= 4 is 11.6 Å². The summed E-state index contributed by atoms with van der Waals surface area (Å²) in [5, 5.41) is 9.28. The molecule has 17 heavy (non-hydrogen) atoms. The number of aryl methyl sites for hydroxylation is 2. The van der Waals surface area contributed by atoms with Crippen LogP contribution in [0.4, 0.5) is 5.69 Å². The van der Waals surface area contributed by atoms with Crippen molar-refractivity contribution in [3.05, 3.63) is 29.3 Å². The summed E-state index contributed by atoms with van der Waals surface area (Å²) in [5.74, 6) is 0.176. The van der Waals surface area contributed by atoms with Crippen molar-refractivity contribution < 1.29 is 9.90 Å². The van der Waals surface area contributed by atoms with Crippen molar-refractivity contribution in [2.24, 2.45) is 5.92 Å². The topological polar surface area (TPSA) is 40.5 Å². The van der Waals surface area contributed by atoms with Crippen molar-refractivity contribution in [2.45, 2.75) is 33.2 Å². The maximum absolute atomic E-state index is 12.1. The molecule has 0 aliphatic carbocycles. The number of amides is 1. The highest BCUT2D eigenvalue weighted by Crippen LogP contribution is 2.34. The molecule has 1 aliphatic heterocycles. The van der Waals surface area contributed by atoms with Crippen LogP contribution < -0.4 is 4.90 Å². The molecule has 1 amide bonds. The highest BCUT2D eigenvalue weighted by Gasteiger charge is 2.38. The standard InChI is InChI=1S/C14H19NO2/c1-9-5-4-6-10(2)14(9)15-11(3)12(8-16)7-13(15)17/h4-6,11-12,16H,7-8H2,1-3H3. The molecule has 0 radical (unpaired) electrons. The molecule has 0 aromatic heterocycles. The van der Waals surface area contributed by atoms with Gasteiger partial charge in [0.15, 0.2) is 0 Å². The Bertz CT molecular complexity index is 422. The van der Waals surface area contributed by atoms with E-state index in [1.54, 1.807) is 0 Å². The quantitative estimate of drug-likeness (QED) is 0.849. The molecule has 2 unspecified atom stereocenters. The van der Waals surface area contributed by atoms with Gasteiger partial charge in [-0.25, -0.2) is 0 Å². The van der Waals surface area contributed by atoms with E-state index in [1.807, 2.05) is 43.9 Å². The zero-order chi connectivity index (χ0) is 12.6. The summed E-state index contributed by atoms with van der Waals surface area (Å²) in [6.07, 6.45) is 0.450. The maximum Gasteiger partial charge on any atom is 0.227 e. The molecule has 1 fully saturated rings. The van der Waals surface area contributed by atoms with E-state index in [1.165, 1.54) is 0 Å². The van der Waals surface area contributed by atoms with Crippen molar-refractivity contribution in [1.29, 1.82) is 0 Å². The van der Waals surface area contributed by atoms with Crippen LogP contribution in [0.15, 0.2) is 18.2 Å². The molecule has 3 nitrogen and oxygen atoms in total. The van der Waals surface area contributed by atoms with E-state index in [0.717, 1.165) is 16.8 Å². The maximum atomic E-state index is 12.1. The van der Waals surface area contributed by atoms with Crippen LogP contribution in [0.25, 0.3) is 0 Å². The van der Waals surface area contributed by atoms with E-state index in [-0.39, 0.29) is 24.5 Å². The second-order valence-electron chi connectivity index (χ2n) is 4.89. The second kappa shape index (κ2) is 4.49. The predicted molar refractivity (Wildman–Crippen MR) is 68.1 cm³/mol. The molecule has 1 aromatic rings. The van der Waals surface area contributed by atoms with Gasteiger partial charge in [-0.3, -0.25) is 4.79 Å². The number of rotatable bonds is 2. The molecular weight excluding hydrogens is 214 g/mol. The highest BCUT2D eigenvalue weighted by atomic mass is 16.3. The summed E-state index contributed by atoms with van der Waals surface area (Å²) in [6, 6.07) is 6.12. The van der Waals surface area contributed by atoms with Crippen LogP contribution in [0.3, 0.4) is 0 Å². The van der Waals surface area contributed by atoms with Gasteiger partial charge in [0.05, 0.1) is 0 Å². The molecule has 1 N–H and O–H groups in total. The van der Waals surface area contributed by atoms with Gasteiger partial charge in [0.1, 0.15) is 0 Å². The van der Waals surface area contributed by atoms with E-state index in [2.05, 4.69) is 0 Å². The Morgan fingerprint density at radius 3 is 2.41 bits per heavy atom. The van der Waals surface area contributed by atoms with Crippen LogP contribution in [0.1, 0.15) is 24.5 Å². The van der Waals surface area contributed by atoms with Gasteiger partial charge in [-0.05, 0) is 31.9 Å². The van der Waals surface area contributed by atoms with Crippen molar-refractivity contribution in [2.75, 3.05) is 11.5 Å². The number of aliphatic hydroxyl groups is 1. The Morgan fingerprint density at radius 1 is 1.35 bits per heavy atom. The van der Waals surface area contributed by atoms with Gasteiger partial charge < -0.3 is 10.0 Å². The van der Waals surface area contributed by atoms with E-state index in [0.29, 0.717) is 6.42 Å². The van der Waals surface area contributed by atoms with Gasteiger partial charge >= 0.3 is 0 Å². The zero-order valence-corrected chi connectivity index (χ0v) is 10.6. The first kappa shape index (κ1) is 12.1. The van der Waals surface area contributed by atoms with Gasteiger partial charge in [0, 0.05) is 30.7 Å². The number of carbonyl (C=O) groups excluding carboxylic acids is 1. The SMILES string of the molecule is Cc1cccc(C)c1N1C(=O)CC(CO)C1C. The first-order valence-corrected chi connectivity index (χ1v) is 6.05. The number of nitrogens with zero attached hydrogens (tertiary/aromatic N) is 1. The van der Waals surface area contributed by atoms with Crippen LogP contribution in [-0.2, 0) is 4.79 Å². The lowest BCUT2D eigenvalue weighted by atomic mass is 10.0. The molecule has 1 saturated heterocycles. The smallest absolute Gasteiger partial charge is 0.227 e. The van der Waals surface area contributed by atoms with Crippen molar-refractivity contribution in [3.8, 4) is 0 Å². The summed E-state index contributed by atoms with van der Waals surface area (Å²) in [7, 11) is 0. The molecule has 3 heteroatoms. The lowest BCUT2D eigenvalue weighted by Crippen LogP contribution is -2.34. The normalized spacial score (nSPS) is 24.5. The Labute approximate surface area is 102 Å². The fourth-order valence-corrected chi connectivity index (χ4v) is 2.66. The van der Waals surface area contributed by atoms with Crippen LogP contribution in [0.5, 0.6) is 0 Å². The van der Waals surface area contributed by atoms with Crippen LogP contribution in [0, 0.1) is 19.8 Å². The molecule has 2 atom stereocenters. The Hall–Kier alpha value is -1.35. The Balaban J connectivity index is 2.43. The second-order valence-corrected chi connectivity index (χ2v) is 4.89. The van der Waals surface area contributed by atoms with E-state index >= 15 is 0 Å².